The first-order chi connectivity index (χ1) is 17.2. The van der Waals surface area contributed by atoms with Crippen molar-refractivity contribution in [2.45, 2.75) is 17.5 Å². The van der Waals surface area contributed by atoms with Crippen LogP contribution in [-0.4, -0.2) is 30.6 Å². The fourth-order valence-electron chi connectivity index (χ4n) is 3.37. The van der Waals surface area contributed by atoms with Gasteiger partial charge >= 0.3 is 0 Å². The summed E-state index contributed by atoms with van der Waals surface area (Å²) in [6.07, 6.45) is 4.74. The molecule has 3 aromatic heterocycles. The molecule has 0 saturated carbocycles. The zero-order chi connectivity index (χ0) is 24.0. The number of carbonyl (C=O) groups is 1. The maximum absolute atomic E-state index is 12.4. The number of oxazole rings is 1. The number of pyridine rings is 1. The van der Waals surface area contributed by atoms with Crippen LogP contribution in [0.15, 0.2) is 95.0 Å². The Hall–Kier alpha value is -3.95. The second-order valence-electron chi connectivity index (χ2n) is 7.42. The maximum Gasteiger partial charge on any atom is 0.273 e. The minimum absolute atomic E-state index is 0.214. The Bertz CT molecular complexity index is 1440. The Kier molecular flexibility index (Phi) is 6.87. The van der Waals surface area contributed by atoms with Crippen molar-refractivity contribution in [2.75, 3.05) is 0 Å². The van der Waals surface area contributed by atoms with Gasteiger partial charge < -0.3 is 9.73 Å². The highest BCUT2D eigenvalue weighted by molar-refractivity contribution is 7.98. The van der Waals surface area contributed by atoms with E-state index < -0.39 is 0 Å². The first-order valence-corrected chi connectivity index (χ1v) is 12.1. The van der Waals surface area contributed by atoms with Crippen LogP contribution in [-0.2, 0) is 12.3 Å². The van der Waals surface area contributed by atoms with Gasteiger partial charge in [-0.15, -0.1) is 10.2 Å². The molecule has 0 aliphatic carbocycles. The fourth-order valence-corrected chi connectivity index (χ4v) is 4.40. The summed E-state index contributed by atoms with van der Waals surface area (Å²) >= 11 is 7.85. The maximum atomic E-state index is 12.4. The number of halogens is 1. The molecular weight excluding hydrogens is 484 g/mol. The van der Waals surface area contributed by atoms with Crippen LogP contribution in [0.3, 0.4) is 0 Å². The zero-order valence-electron chi connectivity index (χ0n) is 18.3. The first kappa shape index (κ1) is 22.8. The lowest BCUT2D eigenvalue weighted by atomic mass is 10.2. The second-order valence-corrected chi connectivity index (χ2v) is 8.77. The third kappa shape index (κ3) is 5.26. The lowest BCUT2D eigenvalue weighted by Crippen LogP contribution is -2.23. The molecule has 35 heavy (non-hydrogen) atoms. The molecule has 0 atom stereocenters. The molecule has 0 saturated heterocycles. The predicted molar refractivity (Wildman–Crippen MR) is 133 cm³/mol. The molecule has 2 aromatic carbocycles. The van der Waals surface area contributed by atoms with Crippen molar-refractivity contribution in [1.82, 2.24) is 30.0 Å². The smallest absolute Gasteiger partial charge is 0.273 e. The molecule has 0 aliphatic rings. The number of nitrogens with one attached hydrogen (secondary N) is 1. The van der Waals surface area contributed by atoms with Crippen LogP contribution in [0.5, 0.6) is 0 Å². The largest absolute Gasteiger partial charge is 0.447 e. The lowest BCUT2D eigenvalue weighted by Gasteiger charge is -2.10. The topological polar surface area (TPSA) is 98.7 Å². The third-order valence-corrected chi connectivity index (χ3v) is 6.29. The molecule has 1 N–H and O–H groups in total. The summed E-state index contributed by atoms with van der Waals surface area (Å²) in [5.41, 5.74) is 2.79. The number of benzene rings is 2. The van der Waals surface area contributed by atoms with Gasteiger partial charge in [0.1, 0.15) is 6.26 Å². The van der Waals surface area contributed by atoms with Crippen molar-refractivity contribution >= 4 is 29.3 Å². The van der Waals surface area contributed by atoms with Gasteiger partial charge in [0.15, 0.2) is 16.7 Å². The highest BCUT2D eigenvalue weighted by Gasteiger charge is 2.19. The van der Waals surface area contributed by atoms with Crippen LogP contribution in [0.2, 0.25) is 5.02 Å². The van der Waals surface area contributed by atoms with Crippen molar-refractivity contribution in [3.8, 4) is 17.1 Å². The average molecular weight is 503 g/mol. The minimum Gasteiger partial charge on any atom is -0.447 e. The molecule has 0 radical (unpaired) electrons. The van der Waals surface area contributed by atoms with Gasteiger partial charge in [0.2, 0.25) is 5.89 Å². The molecule has 8 nitrogen and oxygen atoms in total. The van der Waals surface area contributed by atoms with E-state index in [4.69, 9.17) is 16.0 Å². The van der Waals surface area contributed by atoms with Crippen molar-refractivity contribution in [1.29, 1.82) is 0 Å². The summed E-state index contributed by atoms with van der Waals surface area (Å²) < 4.78 is 7.47. The number of carbonyl (C=O) groups excluding carboxylic acids is 1. The van der Waals surface area contributed by atoms with E-state index in [1.54, 1.807) is 12.4 Å². The van der Waals surface area contributed by atoms with E-state index >= 15 is 0 Å². The second kappa shape index (κ2) is 10.5. The number of hydrogen-bond donors (Lipinski definition) is 1. The monoisotopic (exact) mass is 502 g/mol. The van der Waals surface area contributed by atoms with E-state index in [-0.39, 0.29) is 11.6 Å². The molecule has 0 bridgehead atoms. The molecule has 0 unspecified atom stereocenters. The van der Waals surface area contributed by atoms with Crippen LogP contribution in [0.25, 0.3) is 17.1 Å². The van der Waals surface area contributed by atoms with Crippen LogP contribution in [0.4, 0.5) is 0 Å². The third-order valence-electron chi connectivity index (χ3n) is 5.05. The molecule has 3 heterocycles. The predicted octanol–water partition coefficient (Wildman–Crippen LogP) is 5.19. The van der Waals surface area contributed by atoms with E-state index in [9.17, 15) is 4.79 Å². The van der Waals surface area contributed by atoms with Crippen molar-refractivity contribution in [3.63, 3.8) is 0 Å². The molecule has 0 aliphatic heterocycles. The number of hydrogen-bond acceptors (Lipinski definition) is 7. The quantitative estimate of drug-likeness (QED) is 0.291. The Morgan fingerprint density at radius 1 is 1.03 bits per heavy atom. The van der Waals surface area contributed by atoms with Crippen LogP contribution < -0.4 is 5.32 Å². The molecule has 174 valence electrons. The van der Waals surface area contributed by atoms with E-state index in [0.29, 0.717) is 34.2 Å². The van der Waals surface area contributed by atoms with E-state index in [2.05, 4.69) is 25.5 Å². The molecule has 5 aromatic rings. The molecule has 5 rings (SSSR count). The Labute approximate surface area is 210 Å². The Morgan fingerprint density at radius 3 is 2.66 bits per heavy atom. The molecule has 0 fully saturated rings. The van der Waals surface area contributed by atoms with E-state index in [1.165, 1.54) is 18.0 Å². The number of para-hydroxylation sites is 1. The summed E-state index contributed by atoms with van der Waals surface area (Å²) in [5.74, 6) is 1.08. The molecular formula is C25H19ClN6O2S. The normalized spacial score (nSPS) is 10.9. The first-order valence-electron chi connectivity index (χ1n) is 10.7. The number of rotatable bonds is 8. The van der Waals surface area contributed by atoms with Crippen LogP contribution in [0, 0.1) is 0 Å². The highest BCUT2D eigenvalue weighted by Crippen LogP contribution is 2.32. The van der Waals surface area contributed by atoms with Gasteiger partial charge in [0.05, 0.1) is 10.8 Å². The fraction of sp³-hybridized carbons (Fsp3) is 0.0800. The van der Waals surface area contributed by atoms with Gasteiger partial charge in [-0.1, -0.05) is 59.8 Å². The van der Waals surface area contributed by atoms with Gasteiger partial charge in [-0.3, -0.25) is 14.3 Å². The van der Waals surface area contributed by atoms with Gasteiger partial charge in [-0.2, -0.15) is 0 Å². The molecule has 0 spiro atoms. The number of thioether (sulfide) groups is 1. The average Bonchev–Trinajstić information content (AvgIpc) is 3.55. The summed E-state index contributed by atoms with van der Waals surface area (Å²) in [6.45, 7) is 0.356. The summed E-state index contributed by atoms with van der Waals surface area (Å²) in [7, 11) is 0. The number of nitrogens with zero attached hydrogens (tertiary/aromatic N) is 5. The van der Waals surface area contributed by atoms with E-state index in [0.717, 1.165) is 16.8 Å². The Morgan fingerprint density at radius 2 is 1.86 bits per heavy atom. The number of aromatic nitrogens is 5. The van der Waals surface area contributed by atoms with Gasteiger partial charge in [0, 0.05) is 30.2 Å². The van der Waals surface area contributed by atoms with E-state index in [1.807, 2.05) is 71.3 Å². The van der Waals surface area contributed by atoms with Gasteiger partial charge in [0.25, 0.3) is 5.91 Å². The summed E-state index contributed by atoms with van der Waals surface area (Å²) in [6, 6.07) is 21.0. The standard InChI is InChI=1S/C25H19ClN6O2S/c26-20-11-5-4-10-19(20)23-30-31-25(32(23)18-8-2-1-3-9-18)35-16-22-29-21(15-34-22)24(33)28-14-17-7-6-12-27-13-17/h1-13,15H,14,16H2,(H,28,33). The zero-order valence-corrected chi connectivity index (χ0v) is 19.9. The highest BCUT2D eigenvalue weighted by atomic mass is 35.5. The molecule has 1 amide bonds. The number of amides is 1. The van der Waals surface area contributed by atoms with Crippen molar-refractivity contribution in [3.05, 3.63) is 108 Å². The SMILES string of the molecule is O=C(NCc1cccnc1)c1coc(CSc2nnc(-c3ccccc3Cl)n2-c2ccccc2)n1. The van der Waals surface area contributed by atoms with Crippen LogP contribution >= 0.6 is 23.4 Å². The van der Waals surface area contributed by atoms with Gasteiger partial charge in [-0.25, -0.2) is 4.98 Å². The summed E-state index contributed by atoms with van der Waals surface area (Å²) in [5, 5.41) is 12.8. The summed E-state index contributed by atoms with van der Waals surface area (Å²) in [4.78, 5) is 20.8. The Balaban J connectivity index is 1.33. The van der Waals surface area contributed by atoms with Crippen molar-refractivity contribution in [2.24, 2.45) is 0 Å². The lowest BCUT2D eigenvalue weighted by molar-refractivity contribution is 0.0946. The van der Waals surface area contributed by atoms with Gasteiger partial charge in [-0.05, 0) is 35.9 Å². The minimum atomic E-state index is -0.317. The van der Waals surface area contributed by atoms with Crippen LogP contribution in [0.1, 0.15) is 21.9 Å². The molecule has 10 heteroatoms. The van der Waals surface area contributed by atoms with Crippen molar-refractivity contribution < 1.29 is 9.21 Å².